The molecule has 3 amide bonds. The van der Waals surface area contributed by atoms with Crippen molar-refractivity contribution in [3.8, 4) is 0 Å². The van der Waals surface area contributed by atoms with Gasteiger partial charge in [-0.1, -0.05) is 41.9 Å². The quantitative estimate of drug-likeness (QED) is 0.255. The van der Waals surface area contributed by atoms with Gasteiger partial charge in [-0.15, -0.1) is 0 Å². The first kappa shape index (κ1) is 30.3. The van der Waals surface area contributed by atoms with Gasteiger partial charge in [-0.25, -0.2) is 4.57 Å². The van der Waals surface area contributed by atoms with Crippen LogP contribution in [0.2, 0.25) is 5.02 Å². The standard InChI is InChI=1S/C29H31ClF2N3O7P/c30-22-5-3-21(4-6-22)29(31,32)28(38)33-14-18-1-2-19-15-34(16-20(19)13-18)25-11-12-26(36)35(27(25)37)17-40-43(39,41-23-7-8-23)42-24-9-10-24/h1-6,13,23-25H,7-12,14-17H2,(H,33,38). The SMILES string of the molecule is O=C1CCC(N2Cc3ccc(CNC(=O)C(F)(F)c4ccc(Cl)cc4)cc3C2)C(=O)N1COP(=O)(OC1CC1)OC1CC1. The molecule has 230 valence electrons. The number of amides is 3. The highest BCUT2D eigenvalue weighted by Gasteiger charge is 2.45. The average Bonchev–Trinajstić information content (AvgIpc) is 3.91. The van der Waals surface area contributed by atoms with Crippen LogP contribution in [0.4, 0.5) is 8.78 Å². The molecule has 2 saturated carbocycles. The van der Waals surface area contributed by atoms with Crippen LogP contribution in [0.5, 0.6) is 0 Å². The molecule has 1 saturated heterocycles. The fraction of sp³-hybridized carbons (Fsp3) is 0.483. The fourth-order valence-corrected chi connectivity index (χ4v) is 6.82. The van der Waals surface area contributed by atoms with E-state index in [4.69, 9.17) is 25.2 Å². The number of hydrogen-bond acceptors (Lipinski definition) is 8. The van der Waals surface area contributed by atoms with Gasteiger partial charge in [-0.2, -0.15) is 8.78 Å². The normalized spacial score (nSPS) is 21.3. The Kier molecular flexibility index (Phi) is 8.45. The Hall–Kier alpha value is -2.73. The number of carbonyl (C=O) groups is 3. The predicted octanol–water partition coefficient (Wildman–Crippen LogP) is 5.02. The monoisotopic (exact) mass is 637 g/mol. The second-order valence-electron chi connectivity index (χ2n) is 11.3. The van der Waals surface area contributed by atoms with Gasteiger partial charge in [0.1, 0.15) is 6.73 Å². The van der Waals surface area contributed by atoms with Crippen LogP contribution in [-0.2, 0) is 58.1 Å². The Bertz CT molecular complexity index is 1450. The first-order chi connectivity index (χ1) is 20.5. The predicted molar refractivity (Wildman–Crippen MR) is 150 cm³/mol. The van der Waals surface area contributed by atoms with Crippen molar-refractivity contribution < 1.29 is 41.3 Å². The van der Waals surface area contributed by atoms with Crippen molar-refractivity contribution in [1.29, 1.82) is 0 Å². The second-order valence-corrected chi connectivity index (χ2v) is 13.3. The van der Waals surface area contributed by atoms with E-state index >= 15 is 0 Å². The summed E-state index contributed by atoms with van der Waals surface area (Å²) in [7, 11) is -3.91. The number of piperidine rings is 1. The van der Waals surface area contributed by atoms with Crippen molar-refractivity contribution in [3.05, 3.63) is 69.7 Å². The van der Waals surface area contributed by atoms with Crippen molar-refractivity contribution in [2.24, 2.45) is 0 Å². The number of likely N-dealkylation sites (tertiary alicyclic amines) is 1. The Morgan fingerprint density at radius 3 is 2.28 bits per heavy atom. The van der Waals surface area contributed by atoms with Crippen molar-refractivity contribution >= 4 is 37.1 Å². The highest BCUT2D eigenvalue weighted by molar-refractivity contribution is 7.48. The van der Waals surface area contributed by atoms with Crippen molar-refractivity contribution in [2.75, 3.05) is 6.73 Å². The zero-order valence-corrected chi connectivity index (χ0v) is 24.8. The van der Waals surface area contributed by atoms with Crippen LogP contribution in [0.25, 0.3) is 0 Å². The summed E-state index contributed by atoms with van der Waals surface area (Å²) in [5.74, 6) is -6.03. The Morgan fingerprint density at radius 1 is 0.977 bits per heavy atom. The number of carbonyl (C=O) groups excluding carboxylic acids is 3. The van der Waals surface area contributed by atoms with Crippen LogP contribution >= 0.6 is 19.4 Å². The summed E-state index contributed by atoms with van der Waals surface area (Å²) < 4.78 is 58.9. The molecule has 0 spiro atoms. The Balaban J connectivity index is 1.06. The van der Waals surface area contributed by atoms with Gasteiger partial charge in [-0.05, 0) is 60.9 Å². The number of benzene rings is 2. The summed E-state index contributed by atoms with van der Waals surface area (Å²) >= 11 is 5.76. The number of nitrogens with one attached hydrogen (secondary N) is 1. The van der Waals surface area contributed by atoms with E-state index in [0.717, 1.165) is 53.8 Å². The molecule has 2 aliphatic carbocycles. The van der Waals surface area contributed by atoms with Gasteiger partial charge in [0.15, 0.2) is 0 Å². The number of phosphoric acid groups is 1. The molecule has 2 aromatic carbocycles. The number of rotatable bonds is 12. The van der Waals surface area contributed by atoms with Crippen LogP contribution in [-0.4, -0.2) is 52.5 Å². The van der Waals surface area contributed by atoms with E-state index in [2.05, 4.69) is 5.32 Å². The van der Waals surface area contributed by atoms with E-state index in [9.17, 15) is 27.7 Å². The third kappa shape index (κ3) is 7.00. The summed E-state index contributed by atoms with van der Waals surface area (Å²) in [6, 6.07) is 9.62. The summed E-state index contributed by atoms with van der Waals surface area (Å²) in [6.07, 6.45) is 3.05. The smallest absolute Gasteiger partial charge is 0.346 e. The Labute approximate surface area is 252 Å². The van der Waals surface area contributed by atoms with Crippen LogP contribution in [0.15, 0.2) is 42.5 Å². The topological polar surface area (TPSA) is 114 Å². The number of hydrogen-bond donors (Lipinski definition) is 1. The molecular formula is C29H31ClF2N3O7P. The lowest BCUT2D eigenvalue weighted by Crippen LogP contribution is -2.53. The third-order valence-electron chi connectivity index (χ3n) is 7.84. The molecule has 0 bridgehead atoms. The van der Waals surface area contributed by atoms with E-state index in [1.165, 1.54) is 12.1 Å². The van der Waals surface area contributed by atoms with Crippen LogP contribution in [0.3, 0.4) is 0 Å². The molecular weight excluding hydrogens is 607 g/mol. The molecule has 4 aliphatic rings. The molecule has 10 nitrogen and oxygen atoms in total. The number of alkyl halides is 2. The summed E-state index contributed by atoms with van der Waals surface area (Å²) in [6.45, 7) is 0.217. The van der Waals surface area contributed by atoms with Gasteiger partial charge in [-0.3, -0.25) is 37.8 Å². The van der Waals surface area contributed by atoms with Gasteiger partial charge in [0.25, 0.3) is 5.91 Å². The molecule has 2 aromatic rings. The summed E-state index contributed by atoms with van der Waals surface area (Å²) in [5.41, 5.74) is 2.02. The van der Waals surface area contributed by atoms with Gasteiger partial charge in [0.2, 0.25) is 11.8 Å². The summed E-state index contributed by atoms with van der Waals surface area (Å²) in [4.78, 5) is 41.3. The number of fused-ring (bicyclic) bond motifs is 1. The van der Waals surface area contributed by atoms with Crippen LogP contribution in [0.1, 0.15) is 60.8 Å². The average molecular weight is 638 g/mol. The molecule has 14 heteroatoms. The maximum atomic E-state index is 14.6. The largest absolute Gasteiger partial charge is 0.477 e. The van der Waals surface area contributed by atoms with Crippen molar-refractivity contribution in [1.82, 2.24) is 15.1 Å². The molecule has 1 N–H and O–H groups in total. The zero-order valence-electron chi connectivity index (χ0n) is 23.2. The molecule has 1 atom stereocenters. The summed E-state index contributed by atoms with van der Waals surface area (Å²) in [5, 5.41) is 2.59. The molecule has 6 rings (SSSR count). The van der Waals surface area contributed by atoms with E-state index in [1.54, 1.807) is 6.07 Å². The number of nitrogens with zero attached hydrogens (tertiary/aromatic N) is 2. The highest BCUT2D eigenvalue weighted by atomic mass is 35.5. The number of phosphoric ester groups is 1. The van der Waals surface area contributed by atoms with Crippen LogP contribution < -0.4 is 5.32 Å². The third-order valence-corrected chi connectivity index (χ3v) is 9.63. The van der Waals surface area contributed by atoms with Gasteiger partial charge in [0, 0.05) is 36.6 Å². The highest BCUT2D eigenvalue weighted by Crippen LogP contribution is 2.57. The molecule has 2 heterocycles. The minimum absolute atomic E-state index is 0.108. The number of imide groups is 1. The molecule has 0 radical (unpaired) electrons. The first-order valence-electron chi connectivity index (χ1n) is 14.2. The van der Waals surface area contributed by atoms with Crippen molar-refractivity contribution in [2.45, 2.75) is 82.3 Å². The van der Waals surface area contributed by atoms with E-state index in [1.807, 2.05) is 17.0 Å². The first-order valence-corrected chi connectivity index (χ1v) is 16.1. The Morgan fingerprint density at radius 2 is 1.63 bits per heavy atom. The van der Waals surface area contributed by atoms with E-state index in [-0.39, 0.29) is 30.2 Å². The second kappa shape index (κ2) is 12.0. The molecule has 2 aliphatic heterocycles. The lowest BCUT2D eigenvalue weighted by molar-refractivity contribution is -0.157. The van der Waals surface area contributed by atoms with Crippen molar-refractivity contribution in [3.63, 3.8) is 0 Å². The molecule has 0 aromatic heterocycles. The molecule has 3 fully saturated rings. The van der Waals surface area contributed by atoms with E-state index < -0.39 is 49.8 Å². The fourth-order valence-electron chi connectivity index (χ4n) is 5.11. The molecule has 1 unspecified atom stereocenters. The maximum Gasteiger partial charge on any atom is 0.477 e. The van der Waals surface area contributed by atoms with Gasteiger partial charge >= 0.3 is 13.7 Å². The van der Waals surface area contributed by atoms with Gasteiger partial charge in [0.05, 0.1) is 18.2 Å². The number of halogens is 3. The minimum Gasteiger partial charge on any atom is -0.346 e. The molecule has 43 heavy (non-hydrogen) atoms. The minimum atomic E-state index is -3.91. The zero-order chi connectivity index (χ0) is 30.4. The maximum absolute atomic E-state index is 14.6. The van der Waals surface area contributed by atoms with E-state index in [0.29, 0.717) is 25.1 Å². The lowest BCUT2D eigenvalue weighted by atomic mass is 10.0. The van der Waals surface area contributed by atoms with Gasteiger partial charge < -0.3 is 5.32 Å². The lowest BCUT2D eigenvalue weighted by Gasteiger charge is -2.35. The van der Waals surface area contributed by atoms with Crippen LogP contribution in [0, 0.1) is 0 Å².